The van der Waals surface area contributed by atoms with E-state index in [0.29, 0.717) is 26.9 Å². The molecule has 4 amide bonds. The van der Waals surface area contributed by atoms with Crippen molar-refractivity contribution in [2.75, 3.05) is 13.7 Å². The fourth-order valence-corrected chi connectivity index (χ4v) is 4.41. The number of hydrogen-bond donors (Lipinski definition) is 2. The van der Waals surface area contributed by atoms with Crippen molar-refractivity contribution in [1.29, 1.82) is 0 Å². The van der Waals surface area contributed by atoms with Crippen molar-refractivity contribution >= 4 is 30.7 Å². The first kappa shape index (κ1) is 22.7. The number of nitrogens with one attached hydrogen (secondary N) is 1. The van der Waals surface area contributed by atoms with Crippen molar-refractivity contribution in [3.63, 3.8) is 0 Å². The smallest absolute Gasteiger partial charge is 0.335 e. The lowest BCUT2D eigenvalue weighted by Gasteiger charge is -2.31. The van der Waals surface area contributed by atoms with E-state index in [1.807, 2.05) is 0 Å². The Balaban J connectivity index is 1.44. The van der Waals surface area contributed by atoms with Crippen LogP contribution in [0.3, 0.4) is 0 Å². The van der Waals surface area contributed by atoms with Gasteiger partial charge in [0.1, 0.15) is 17.3 Å². The highest BCUT2D eigenvalue weighted by Crippen LogP contribution is 2.36. The molecule has 1 saturated heterocycles. The number of carbonyl (C=O) groups is 3. The van der Waals surface area contributed by atoms with Gasteiger partial charge in [-0.15, -0.1) is 0 Å². The Morgan fingerprint density at radius 1 is 1.09 bits per heavy atom. The van der Waals surface area contributed by atoms with Crippen LogP contribution in [0.1, 0.15) is 21.5 Å². The van der Waals surface area contributed by atoms with Gasteiger partial charge >= 0.3 is 6.03 Å². The topological polar surface area (TPSA) is 101 Å². The van der Waals surface area contributed by atoms with Crippen LogP contribution in [0.25, 0.3) is 0 Å². The van der Waals surface area contributed by atoms with Crippen LogP contribution < -0.4 is 14.8 Å². The minimum absolute atomic E-state index is 0.107. The molecule has 0 aliphatic carbocycles. The van der Waals surface area contributed by atoms with Gasteiger partial charge in [0.05, 0.1) is 19.9 Å². The van der Waals surface area contributed by atoms with E-state index >= 15 is 0 Å². The standard InChI is InChI=1S/C24H19FN4O5S/c1-33-18-6-2-14-12-28(21(30)19(14)10-18)13-24(22(31)29(35)23(32)27-24)15-3-7-17(8-4-15)34-20-9-5-16(25)11-26-20/h2-11,35H,12-13H2,1H3,(H,27,32)/t24-/m0/s1. The van der Waals surface area contributed by atoms with Crippen molar-refractivity contribution < 1.29 is 28.2 Å². The van der Waals surface area contributed by atoms with Crippen LogP contribution in [-0.4, -0.2) is 45.7 Å². The van der Waals surface area contributed by atoms with Gasteiger partial charge in [-0.3, -0.25) is 9.59 Å². The fourth-order valence-electron chi connectivity index (χ4n) is 4.19. The molecule has 11 heteroatoms. The second-order valence-corrected chi connectivity index (χ2v) is 8.48. The first-order chi connectivity index (χ1) is 16.8. The quantitative estimate of drug-likeness (QED) is 0.403. The number of methoxy groups -OCH3 is 1. The van der Waals surface area contributed by atoms with E-state index in [-0.39, 0.29) is 24.9 Å². The molecule has 2 aliphatic rings. The number of benzene rings is 2. The summed E-state index contributed by atoms with van der Waals surface area (Å²) in [6.07, 6.45) is 1.04. The second-order valence-electron chi connectivity index (χ2n) is 8.08. The molecule has 1 N–H and O–H groups in total. The summed E-state index contributed by atoms with van der Waals surface area (Å²) < 4.78 is 24.6. The highest BCUT2D eigenvalue weighted by atomic mass is 32.1. The molecule has 3 aromatic rings. The summed E-state index contributed by atoms with van der Waals surface area (Å²) in [6, 6.07) is 13.5. The summed E-state index contributed by atoms with van der Waals surface area (Å²) in [6.45, 7) is 0.164. The number of fused-ring (bicyclic) bond motifs is 1. The first-order valence-corrected chi connectivity index (χ1v) is 10.9. The molecule has 2 aliphatic heterocycles. The fraction of sp³-hybridized carbons (Fsp3) is 0.167. The van der Waals surface area contributed by atoms with Gasteiger partial charge in [-0.05, 0) is 41.5 Å². The van der Waals surface area contributed by atoms with Crippen molar-refractivity contribution in [3.05, 3.63) is 83.3 Å². The Labute approximate surface area is 205 Å². The van der Waals surface area contributed by atoms with Gasteiger partial charge in [0.15, 0.2) is 5.54 Å². The second kappa shape index (κ2) is 8.58. The van der Waals surface area contributed by atoms with Crippen molar-refractivity contribution in [3.8, 4) is 17.4 Å². The third kappa shape index (κ3) is 3.93. The molecule has 5 rings (SSSR count). The van der Waals surface area contributed by atoms with Crippen LogP contribution in [0.2, 0.25) is 0 Å². The number of amides is 4. The number of hydrogen-bond acceptors (Lipinski definition) is 7. The van der Waals surface area contributed by atoms with Crippen molar-refractivity contribution in [2.24, 2.45) is 0 Å². The van der Waals surface area contributed by atoms with Crippen molar-refractivity contribution in [1.82, 2.24) is 19.5 Å². The Hall–Kier alpha value is -4.12. The molecule has 178 valence electrons. The van der Waals surface area contributed by atoms with Gasteiger partial charge in [0.2, 0.25) is 5.88 Å². The van der Waals surface area contributed by atoms with Crippen LogP contribution in [0.4, 0.5) is 9.18 Å². The van der Waals surface area contributed by atoms with Gasteiger partial charge in [0.25, 0.3) is 11.8 Å². The van der Waals surface area contributed by atoms with E-state index < -0.39 is 23.3 Å². The third-order valence-corrected chi connectivity index (χ3v) is 6.33. The number of ether oxygens (including phenoxy) is 2. The molecule has 3 heterocycles. The average Bonchev–Trinajstić information content (AvgIpc) is 3.29. The molecule has 35 heavy (non-hydrogen) atoms. The monoisotopic (exact) mass is 494 g/mol. The normalized spacial score (nSPS) is 19.1. The summed E-state index contributed by atoms with van der Waals surface area (Å²) in [5.41, 5.74) is 0.163. The Kier molecular flexibility index (Phi) is 5.56. The number of halogens is 1. The van der Waals surface area contributed by atoms with E-state index in [1.165, 1.54) is 24.1 Å². The lowest BCUT2D eigenvalue weighted by molar-refractivity contribution is -0.128. The van der Waals surface area contributed by atoms with Gasteiger partial charge in [-0.25, -0.2) is 18.5 Å². The van der Waals surface area contributed by atoms with Crippen LogP contribution >= 0.6 is 12.8 Å². The van der Waals surface area contributed by atoms with E-state index in [1.54, 1.807) is 42.5 Å². The van der Waals surface area contributed by atoms with Crippen LogP contribution in [0.5, 0.6) is 17.4 Å². The average molecular weight is 495 g/mol. The van der Waals surface area contributed by atoms with E-state index in [9.17, 15) is 18.8 Å². The highest BCUT2D eigenvalue weighted by Gasteiger charge is 2.54. The Morgan fingerprint density at radius 3 is 2.46 bits per heavy atom. The highest BCUT2D eigenvalue weighted by molar-refractivity contribution is 7.79. The number of imide groups is 1. The molecule has 1 aromatic heterocycles. The SMILES string of the molecule is COc1ccc2c(c1)C(=O)N(C[C@@]1(c3ccc(Oc4ccc(F)cn4)cc3)NC(=O)N(S)C1=O)C2. The zero-order valence-corrected chi connectivity index (χ0v) is 19.3. The minimum atomic E-state index is -1.55. The number of aromatic nitrogens is 1. The van der Waals surface area contributed by atoms with Gasteiger partial charge in [0, 0.05) is 18.2 Å². The molecule has 0 unspecified atom stereocenters. The molecule has 1 atom stereocenters. The van der Waals surface area contributed by atoms with Crippen LogP contribution in [0, 0.1) is 5.82 Å². The molecule has 9 nitrogen and oxygen atoms in total. The number of thiol groups is 1. The number of pyridine rings is 1. The van der Waals surface area contributed by atoms with E-state index in [4.69, 9.17) is 9.47 Å². The zero-order valence-electron chi connectivity index (χ0n) is 18.4. The minimum Gasteiger partial charge on any atom is -0.497 e. The Bertz CT molecular complexity index is 1330. The predicted octanol–water partition coefficient (Wildman–Crippen LogP) is 3.27. The lowest BCUT2D eigenvalue weighted by Crippen LogP contribution is -2.52. The Morgan fingerprint density at radius 2 is 1.83 bits per heavy atom. The maximum absolute atomic E-state index is 13.2. The first-order valence-electron chi connectivity index (χ1n) is 10.5. The number of nitrogens with zero attached hydrogens (tertiary/aromatic N) is 3. The summed E-state index contributed by atoms with van der Waals surface area (Å²) in [5.74, 6) is -0.248. The molecule has 2 aromatic carbocycles. The molecule has 0 radical (unpaired) electrons. The van der Waals surface area contributed by atoms with Crippen LogP contribution in [-0.2, 0) is 16.9 Å². The predicted molar refractivity (Wildman–Crippen MR) is 124 cm³/mol. The summed E-state index contributed by atoms with van der Waals surface area (Å²) in [4.78, 5) is 44.1. The largest absolute Gasteiger partial charge is 0.497 e. The van der Waals surface area contributed by atoms with Gasteiger partial charge in [-0.2, -0.15) is 0 Å². The number of carbonyl (C=O) groups excluding carboxylic acids is 3. The van der Waals surface area contributed by atoms with Gasteiger partial charge < -0.3 is 19.7 Å². The maximum atomic E-state index is 13.2. The molecule has 0 saturated carbocycles. The summed E-state index contributed by atoms with van der Waals surface area (Å²) in [7, 11) is 1.52. The van der Waals surface area contributed by atoms with E-state index in [2.05, 4.69) is 23.1 Å². The lowest BCUT2D eigenvalue weighted by atomic mass is 9.89. The molecule has 0 bridgehead atoms. The summed E-state index contributed by atoms with van der Waals surface area (Å²) in [5, 5.41) is 2.70. The summed E-state index contributed by atoms with van der Waals surface area (Å²) >= 11 is 4.02. The maximum Gasteiger partial charge on any atom is 0.335 e. The van der Waals surface area contributed by atoms with Crippen molar-refractivity contribution in [2.45, 2.75) is 12.1 Å². The van der Waals surface area contributed by atoms with Gasteiger partial charge in [-0.1, -0.05) is 31.0 Å². The third-order valence-electron chi connectivity index (χ3n) is 5.96. The number of rotatable bonds is 6. The zero-order chi connectivity index (χ0) is 24.7. The van der Waals surface area contributed by atoms with E-state index in [0.717, 1.165) is 11.8 Å². The molecule has 1 fully saturated rings. The number of urea groups is 1. The molecular formula is C24H19FN4O5S. The molecular weight excluding hydrogens is 475 g/mol. The molecule has 0 spiro atoms. The van der Waals surface area contributed by atoms with Crippen LogP contribution in [0.15, 0.2) is 60.8 Å².